The largest absolute Gasteiger partial charge is 0.481 e. The molecule has 5 unspecified atom stereocenters. The predicted molar refractivity (Wildman–Crippen MR) is 99.1 cm³/mol. The van der Waals surface area contributed by atoms with Crippen LogP contribution in [0, 0.1) is 18.3 Å². The van der Waals surface area contributed by atoms with Gasteiger partial charge in [-0.25, -0.2) is 0 Å². The van der Waals surface area contributed by atoms with Crippen molar-refractivity contribution >= 4 is 16.1 Å². The smallest absolute Gasteiger partial charge is 0.309 e. The van der Waals surface area contributed by atoms with Gasteiger partial charge in [0.15, 0.2) is 5.79 Å². The van der Waals surface area contributed by atoms with Crippen LogP contribution in [0.2, 0.25) is 0 Å². The maximum atomic E-state index is 12.9. The third-order valence-corrected chi connectivity index (χ3v) is 7.93. The summed E-state index contributed by atoms with van der Waals surface area (Å²) in [6.07, 6.45) is 1.47. The highest BCUT2D eigenvalue weighted by Crippen LogP contribution is 2.58. The lowest BCUT2D eigenvalue weighted by Gasteiger charge is -2.61. The molecule has 0 amide bonds. The Morgan fingerprint density at radius 1 is 1.25 bits per heavy atom. The predicted octanol–water partition coefficient (Wildman–Crippen LogP) is 2.87. The quantitative estimate of drug-likeness (QED) is 0.762. The molecule has 0 aromatic heterocycles. The van der Waals surface area contributed by atoms with Gasteiger partial charge in [0, 0.05) is 6.42 Å². The number of hydrogen-bond donors (Lipinski definition) is 1. The van der Waals surface area contributed by atoms with E-state index in [0.29, 0.717) is 32.3 Å². The zero-order chi connectivity index (χ0) is 20.2. The number of carbonyl (C=O) groups is 1. The highest BCUT2D eigenvalue weighted by Gasteiger charge is 2.65. The Bertz CT molecular complexity index is 861. The summed E-state index contributed by atoms with van der Waals surface area (Å²) >= 11 is 0. The van der Waals surface area contributed by atoms with Gasteiger partial charge >= 0.3 is 5.97 Å². The summed E-state index contributed by atoms with van der Waals surface area (Å²) in [5.74, 6) is -2.62. The number of carboxylic acids is 1. The van der Waals surface area contributed by atoms with Crippen LogP contribution in [0.1, 0.15) is 44.6 Å². The number of ether oxygens (including phenoxy) is 2. The first kappa shape index (κ1) is 19.8. The Morgan fingerprint density at radius 3 is 2.64 bits per heavy atom. The summed E-state index contributed by atoms with van der Waals surface area (Å²) < 4.78 is 43.7. The van der Waals surface area contributed by atoms with Gasteiger partial charge in [-0.15, -0.1) is 0 Å². The molecule has 1 aliphatic carbocycles. The molecule has 7 nitrogen and oxygen atoms in total. The molecule has 3 aliphatic rings. The Balaban J connectivity index is 1.67. The molecule has 8 heteroatoms. The van der Waals surface area contributed by atoms with E-state index in [-0.39, 0.29) is 11.3 Å². The fourth-order valence-corrected chi connectivity index (χ4v) is 6.15. The molecule has 1 spiro atoms. The van der Waals surface area contributed by atoms with E-state index in [0.717, 1.165) is 5.56 Å². The monoisotopic (exact) mass is 410 g/mol. The minimum Gasteiger partial charge on any atom is -0.481 e. The highest BCUT2D eigenvalue weighted by atomic mass is 32.2. The second-order valence-corrected chi connectivity index (χ2v) is 9.93. The van der Waals surface area contributed by atoms with Gasteiger partial charge < -0.3 is 14.6 Å². The van der Waals surface area contributed by atoms with Crippen molar-refractivity contribution in [2.45, 2.75) is 68.8 Å². The number of fused-ring (bicyclic) bond motifs is 1. The average molecular weight is 410 g/mol. The molecule has 1 saturated carbocycles. The standard InChI is InChI=1S/C20H26O7S/c1-13-5-7-14(8-6-13)28(23,24)27-17-4-3-10-20-19(17,2)12-15(18(21)22)16(26-20)9-11-25-20/h5-8,15-17H,3-4,9-12H2,1-2H3,(H,21,22). The molecule has 5 atom stereocenters. The van der Waals surface area contributed by atoms with E-state index in [9.17, 15) is 18.3 Å². The third kappa shape index (κ3) is 3.07. The second-order valence-electron chi connectivity index (χ2n) is 8.36. The van der Waals surface area contributed by atoms with Crippen molar-refractivity contribution in [3.63, 3.8) is 0 Å². The van der Waals surface area contributed by atoms with Gasteiger partial charge in [-0.1, -0.05) is 24.6 Å². The first-order chi connectivity index (χ1) is 13.2. The van der Waals surface area contributed by atoms with Gasteiger partial charge in [-0.3, -0.25) is 8.98 Å². The molecule has 28 heavy (non-hydrogen) atoms. The molecule has 2 aliphatic heterocycles. The number of benzene rings is 1. The summed E-state index contributed by atoms with van der Waals surface area (Å²) in [7, 11) is -3.99. The number of aryl methyl sites for hydroxylation is 1. The summed E-state index contributed by atoms with van der Waals surface area (Å²) in [5.41, 5.74) is 0.0809. The zero-order valence-electron chi connectivity index (χ0n) is 16.1. The number of carboxylic acid groups (broad SMARTS) is 1. The number of rotatable bonds is 4. The molecule has 4 rings (SSSR count). The third-order valence-electron chi connectivity index (χ3n) is 6.59. The van der Waals surface area contributed by atoms with Crippen LogP contribution in [-0.2, 0) is 28.6 Å². The van der Waals surface area contributed by atoms with Crippen LogP contribution in [0.4, 0.5) is 0 Å². The van der Waals surface area contributed by atoms with Crippen molar-refractivity contribution in [2.24, 2.45) is 11.3 Å². The molecule has 1 N–H and O–H groups in total. The SMILES string of the molecule is Cc1ccc(S(=O)(=O)OC2CCCC34OCCC(O3)C(C(=O)O)CC24C)cc1. The molecular formula is C20H26O7S. The lowest BCUT2D eigenvalue weighted by molar-refractivity contribution is -0.395. The van der Waals surface area contributed by atoms with Crippen LogP contribution in [0.3, 0.4) is 0 Å². The second kappa shape index (κ2) is 6.79. The van der Waals surface area contributed by atoms with Crippen molar-refractivity contribution in [3.8, 4) is 0 Å². The van der Waals surface area contributed by atoms with Crippen molar-refractivity contribution in [3.05, 3.63) is 29.8 Å². The van der Waals surface area contributed by atoms with E-state index in [1.165, 1.54) is 12.1 Å². The maximum Gasteiger partial charge on any atom is 0.309 e. The minimum absolute atomic E-state index is 0.0928. The van der Waals surface area contributed by atoms with E-state index in [1.54, 1.807) is 12.1 Å². The average Bonchev–Trinajstić information content (AvgIpc) is 2.63. The Labute approximate surface area is 165 Å². The molecule has 154 valence electrons. The first-order valence-corrected chi connectivity index (χ1v) is 11.1. The van der Waals surface area contributed by atoms with Gasteiger partial charge in [0.25, 0.3) is 10.1 Å². The number of aliphatic carboxylic acids is 1. The van der Waals surface area contributed by atoms with Gasteiger partial charge in [-0.2, -0.15) is 8.42 Å². The van der Waals surface area contributed by atoms with E-state index >= 15 is 0 Å². The van der Waals surface area contributed by atoms with Gasteiger partial charge in [-0.05, 0) is 44.7 Å². The normalized spacial score (nSPS) is 37.9. The van der Waals surface area contributed by atoms with Gasteiger partial charge in [0.1, 0.15) is 0 Å². The topological polar surface area (TPSA) is 99.1 Å². The van der Waals surface area contributed by atoms with Crippen LogP contribution < -0.4 is 0 Å². The molecule has 1 aromatic carbocycles. The van der Waals surface area contributed by atoms with E-state index < -0.39 is 45.4 Å². The fourth-order valence-electron chi connectivity index (χ4n) is 4.95. The van der Waals surface area contributed by atoms with Crippen LogP contribution >= 0.6 is 0 Å². The highest BCUT2D eigenvalue weighted by molar-refractivity contribution is 7.86. The molecule has 1 aromatic rings. The molecule has 2 heterocycles. The lowest BCUT2D eigenvalue weighted by Crippen LogP contribution is -2.68. The molecular weight excluding hydrogens is 384 g/mol. The summed E-state index contributed by atoms with van der Waals surface area (Å²) in [4.78, 5) is 11.9. The maximum absolute atomic E-state index is 12.9. The van der Waals surface area contributed by atoms with E-state index in [4.69, 9.17) is 13.7 Å². The van der Waals surface area contributed by atoms with Crippen molar-refractivity contribution in [1.29, 1.82) is 0 Å². The van der Waals surface area contributed by atoms with Crippen molar-refractivity contribution in [1.82, 2.24) is 0 Å². The molecule has 2 bridgehead atoms. The lowest BCUT2D eigenvalue weighted by atomic mass is 9.61. The van der Waals surface area contributed by atoms with Crippen molar-refractivity contribution < 1.29 is 32.0 Å². The number of hydrogen-bond acceptors (Lipinski definition) is 6. The molecule has 2 saturated heterocycles. The van der Waals surface area contributed by atoms with Crippen LogP contribution in [0.5, 0.6) is 0 Å². The molecule has 0 radical (unpaired) electrons. The van der Waals surface area contributed by atoms with E-state index in [1.807, 2.05) is 13.8 Å². The molecule has 3 fully saturated rings. The Kier molecular flexibility index (Phi) is 4.81. The Morgan fingerprint density at radius 2 is 1.96 bits per heavy atom. The summed E-state index contributed by atoms with van der Waals surface area (Å²) in [6, 6.07) is 6.49. The summed E-state index contributed by atoms with van der Waals surface area (Å²) in [5, 5.41) is 9.70. The minimum atomic E-state index is -3.99. The fraction of sp³-hybridized carbons (Fsp3) is 0.650. The van der Waals surface area contributed by atoms with Gasteiger partial charge in [0.2, 0.25) is 0 Å². The van der Waals surface area contributed by atoms with Crippen molar-refractivity contribution in [2.75, 3.05) is 6.61 Å². The zero-order valence-corrected chi connectivity index (χ0v) is 16.9. The van der Waals surface area contributed by atoms with E-state index in [2.05, 4.69) is 0 Å². The summed E-state index contributed by atoms with van der Waals surface area (Å²) in [6.45, 7) is 4.13. The van der Waals surface area contributed by atoms with Gasteiger partial charge in [0.05, 0.1) is 35.0 Å². The van der Waals surface area contributed by atoms with Crippen LogP contribution in [0.25, 0.3) is 0 Å². The first-order valence-electron chi connectivity index (χ1n) is 9.71. The Hall–Kier alpha value is -1.48. The van der Waals surface area contributed by atoms with Crippen LogP contribution in [0.15, 0.2) is 29.2 Å². The van der Waals surface area contributed by atoms with Crippen LogP contribution in [-0.4, -0.2) is 44.1 Å².